The number of amides is 1. The monoisotopic (exact) mass is 331 g/mol. The summed E-state index contributed by atoms with van der Waals surface area (Å²) in [7, 11) is 0. The van der Waals surface area contributed by atoms with Crippen LogP contribution < -0.4 is 10.1 Å². The predicted molar refractivity (Wildman–Crippen MR) is 89.4 cm³/mol. The topological polar surface area (TPSA) is 56.2 Å². The van der Waals surface area contributed by atoms with Gasteiger partial charge >= 0.3 is 0 Å². The molecule has 0 spiro atoms. The van der Waals surface area contributed by atoms with Crippen LogP contribution in [0.2, 0.25) is 0 Å². The van der Waals surface area contributed by atoms with E-state index in [4.69, 9.17) is 4.74 Å². The Kier molecular flexibility index (Phi) is 5.13. The number of hydrogen-bond donors (Lipinski definition) is 1. The quantitative estimate of drug-likeness (QED) is 0.753. The lowest BCUT2D eigenvalue weighted by Gasteiger charge is -2.10. The standard InChI is InChI=1S/C18H22FN3O2/c1-13-11-20-22(12-14-8-9-14)18(13)21-17(23)7-4-10-24-16-6-3-2-5-15(16)19/h2-3,5-6,11,14H,4,7-10,12H2,1H3,(H,21,23). The Hall–Kier alpha value is -2.37. The molecular weight excluding hydrogens is 309 g/mol. The Morgan fingerprint density at radius 3 is 2.96 bits per heavy atom. The van der Waals surface area contributed by atoms with Gasteiger partial charge in [-0.15, -0.1) is 0 Å². The third kappa shape index (κ3) is 4.34. The van der Waals surface area contributed by atoms with Crippen LogP contribution in [-0.4, -0.2) is 22.3 Å². The molecule has 24 heavy (non-hydrogen) atoms. The molecule has 1 aliphatic carbocycles. The number of rotatable bonds is 8. The Morgan fingerprint density at radius 1 is 1.42 bits per heavy atom. The van der Waals surface area contributed by atoms with Crippen molar-refractivity contribution in [2.45, 2.75) is 39.2 Å². The minimum atomic E-state index is -0.387. The second-order valence-electron chi connectivity index (χ2n) is 6.23. The first-order valence-corrected chi connectivity index (χ1v) is 8.33. The van der Waals surface area contributed by atoms with Gasteiger partial charge in [0.25, 0.3) is 0 Å². The summed E-state index contributed by atoms with van der Waals surface area (Å²) in [5.41, 5.74) is 0.964. The smallest absolute Gasteiger partial charge is 0.225 e. The predicted octanol–water partition coefficient (Wildman–Crippen LogP) is 3.54. The van der Waals surface area contributed by atoms with Gasteiger partial charge in [0.15, 0.2) is 11.6 Å². The summed E-state index contributed by atoms with van der Waals surface area (Å²) in [5.74, 6) is 1.22. The summed E-state index contributed by atoms with van der Waals surface area (Å²) in [5, 5.41) is 7.26. The van der Waals surface area contributed by atoms with Crippen molar-refractivity contribution in [1.29, 1.82) is 0 Å². The Labute approximate surface area is 140 Å². The number of aryl methyl sites for hydroxylation is 1. The van der Waals surface area contributed by atoms with Crippen molar-refractivity contribution in [3.8, 4) is 5.75 Å². The van der Waals surface area contributed by atoms with Crippen molar-refractivity contribution in [1.82, 2.24) is 9.78 Å². The van der Waals surface area contributed by atoms with E-state index in [1.54, 1.807) is 24.4 Å². The third-order valence-electron chi connectivity index (χ3n) is 4.05. The van der Waals surface area contributed by atoms with E-state index in [0.717, 1.165) is 17.9 Å². The lowest BCUT2D eigenvalue weighted by atomic mass is 10.3. The molecule has 0 atom stereocenters. The number of benzene rings is 1. The molecule has 2 aromatic rings. The van der Waals surface area contributed by atoms with E-state index in [1.165, 1.54) is 18.9 Å². The first-order valence-electron chi connectivity index (χ1n) is 8.33. The Bertz CT molecular complexity index is 710. The minimum absolute atomic E-state index is 0.0761. The van der Waals surface area contributed by atoms with Gasteiger partial charge in [-0.1, -0.05) is 12.1 Å². The van der Waals surface area contributed by atoms with Crippen LogP contribution >= 0.6 is 0 Å². The van der Waals surface area contributed by atoms with Crippen molar-refractivity contribution in [3.05, 3.63) is 41.8 Å². The summed E-state index contributed by atoms with van der Waals surface area (Å²) in [4.78, 5) is 12.1. The number of nitrogens with zero attached hydrogens (tertiary/aromatic N) is 2. The molecule has 0 aliphatic heterocycles. The molecule has 1 heterocycles. The van der Waals surface area contributed by atoms with Gasteiger partial charge in [0.2, 0.25) is 5.91 Å². The normalized spacial score (nSPS) is 13.8. The van der Waals surface area contributed by atoms with Crippen molar-refractivity contribution in [3.63, 3.8) is 0 Å². The Balaban J connectivity index is 1.44. The van der Waals surface area contributed by atoms with Crippen LogP contribution in [0.4, 0.5) is 10.2 Å². The first kappa shape index (κ1) is 16.5. The highest BCUT2D eigenvalue weighted by Crippen LogP contribution is 2.31. The van der Waals surface area contributed by atoms with Crippen LogP contribution in [0.15, 0.2) is 30.5 Å². The number of ether oxygens (including phenoxy) is 1. The van der Waals surface area contributed by atoms with Crippen LogP contribution in [0.25, 0.3) is 0 Å². The van der Waals surface area contributed by atoms with E-state index < -0.39 is 0 Å². The van der Waals surface area contributed by atoms with Crippen LogP contribution in [0.1, 0.15) is 31.2 Å². The summed E-state index contributed by atoms with van der Waals surface area (Å²) in [6, 6.07) is 6.26. The lowest BCUT2D eigenvalue weighted by molar-refractivity contribution is -0.116. The van der Waals surface area contributed by atoms with Crippen molar-refractivity contribution < 1.29 is 13.9 Å². The molecule has 0 saturated heterocycles. The largest absolute Gasteiger partial charge is 0.491 e. The zero-order valence-corrected chi connectivity index (χ0v) is 13.8. The zero-order chi connectivity index (χ0) is 16.9. The fourth-order valence-corrected chi connectivity index (χ4v) is 2.50. The van der Waals surface area contributed by atoms with E-state index in [2.05, 4.69) is 10.4 Å². The molecule has 1 N–H and O–H groups in total. The summed E-state index contributed by atoms with van der Waals surface area (Å²) in [6.07, 6.45) is 5.09. The van der Waals surface area contributed by atoms with E-state index in [0.29, 0.717) is 25.4 Å². The molecule has 1 aromatic carbocycles. The molecule has 3 rings (SSSR count). The number of carbonyl (C=O) groups excluding carboxylic acids is 1. The lowest BCUT2D eigenvalue weighted by Crippen LogP contribution is -2.17. The maximum atomic E-state index is 13.4. The molecule has 0 radical (unpaired) electrons. The maximum absolute atomic E-state index is 13.4. The fraction of sp³-hybridized carbons (Fsp3) is 0.444. The van der Waals surface area contributed by atoms with E-state index in [1.807, 2.05) is 11.6 Å². The Morgan fingerprint density at radius 2 is 2.21 bits per heavy atom. The van der Waals surface area contributed by atoms with Crippen LogP contribution in [-0.2, 0) is 11.3 Å². The second kappa shape index (κ2) is 7.47. The minimum Gasteiger partial charge on any atom is -0.491 e. The van der Waals surface area contributed by atoms with Gasteiger partial charge in [0, 0.05) is 18.5 Å². The summed E-state index contributed by atoms with van der Waals surface area (Å²) < 4.78 is 20.6. The van der Waals surface area contributed by atoms with Crippen LogP contribution in [0.5, 0.6) is 5.75 Å². The maximum Gasteiger partial charge on any atom is 0.225 e. The van der Waals surface area contributed by atoms with Gasteiger partial charge in [-0.05, 0) is 44.2 Å². The molecule has 6 heteroatoms. The van der Waals surface area contributed by atoms with Crippen LogP contribution in [0.3, 0.4) is 0 Å². The second-order valence-corrected chi connectivity index (χ2v) is 6.23. The average molecular weight is 331 g/mol. The van der Waals surface area contributed by atoms with Gasteiger partial charge in [-0.25, -0.2) is 9.07 Å². The molecule has 1 aromatic heterocycles. The molecule has 1 aliphatic rings. The highest BCUT2D eigenvalue weighted by Gasteiger charge is 2.24. The van der Waals surface area contributed by atoms with Crippen molar-refractivity contribution in [2.75, 3.05) is 11.9 Å². The molecule has 0 bridgehead atoms. The van der Waals surface area contributed by atoms with Crippen LogP contribution in [0, 0.1) is 18.7 Å². The number of anilines is 1. The summed E-state index contributed by atoms with van der Waals surface area (Å²) >= 11 is 0. The fourth-order valence-electron chi connectivity index (χ4n) is 2.50. The number of carbonyl (C=O) groups is 1. The SMILES string of the molecule is Cc1cnn(CC2CC2)c1NC(=O)CCCOc1ccccc1F. The van der Waals surface area contributed by atoms with E-state index >= 15 is 0 Å². The van der Waals surface area contributed by atoms with Crippen molar-refractivity contribution in [2.24, 2.45) is 5.92 Å². The van der Waals surface area contributed by atoms with E-state index in [9.17, 15) is 9.18 Å². The number of nitrogens with one attached hydrogen (secondary N) is 1. The molecular formula is C18H22FN3O2. The third-order valence-corrected chi connectivity index (χ3v) is 4.05. The number of para-hydroxylation sites is 1. The highest BCUT2D eigenvalue weighted by molar-refractivity contribution is 5.90. The summed E-state index contributed by atoms with van der Waals surface area (Å²) in [6.45, 7) is 3.10. The van der Waals surface area contributed by atoms with Gasteiger partial charge in [-0.3, -0.25) is 4.79 Å². The molecule has 128 valence electrons. The highest BCUT2D eigenvalue weighted by atomic mass is 19.1. The van der Waals surface area contributed by atoms with Gasteiger partial charge in [0.05, 0.1) is 12.8 Å². The molecule has 1 fully saturated rings. The van der Waals surface area contributed by atoms with Gasteiger partial charge in [-0.2, -0.15) is 5.10 Å². The van der Waals surface area contributed by atoms with Crippen molar-refractivity contribution >= 4 is 11.7 Å². The molecule has 5 nitrogen and oxygen atoms in total. The molecule has 1 amide bonds. The number of halogens is 1. The molecule has 0 unspecified atom stereocenters. The number of aromatic nitrogens is 2. The van der Waals surface area contributed by atoms with Gasteiger partial charge in [0.1, 0.15) is 5.82 Å². The molecule has 1 saturated carbocycles. The average Bonchev–Trinajstić information content (AvgIpc) is 3.32. The first-order chi connectivity index (χ1) is 11.6. The zero-order valence-electron chi connectivity index (χ0n) is 13.8. The number of hydrogen-bond acceptors (Lipinski definition) is 3. The van der Waals surface area contributed by atoms with Gasteiger partial charge < -0.3 is 10.1 Å². The van der Waals surface area contributed by atoms with E-state index in [-0.39, 0.29) is 17.5 Å².